The molecule has 1 fully saturated rings. The predicted octanol–water partition coefficient (Wildman–Crippen LogP) is 5.01. The zero-order chi connectivity index (χ0) is 29.9. The summed E-state index contributed by atoms with van der Waals surface area (Å²) in [6, 6.07) is 15.5. The fraction of sp³-hybridized carbons (Fsp3) is 0.323. The Hall–Kier alpha value is -4.82. The lowest BCUT2D eigenvalue weighted by Gasteiger charge is -2.33. The number of nitrogens with zero attached hydrogens (tertiary/aromatic N) is 6. The Morgan fingerprint density at radius 2 is 2.02 bits per heavy atom. The van der Waals surface area contributed by atoms with Crippen molar-refractivity contribution >= 4 is 22.8 Å². The van der Waals surface area contributed by atoms with Gasteiger partial charge in [-0.05, 0) is 63.6 Å². The predicted molar refractivity (Wildman–Crippen MR) is 158 cm³/mol. The monoisotopic (exact) mass is 568 g/mol. The third-order valence-electron chi connectivity index (χ3n) is 7.21. The summed E-state index contributed by atoms with van der Waals surface area (Å²) in [5.74, 6) is 0.239. The number of rotatable bonds is 8. The molecule has 5 rings (SSSR count). The number of ether oxygens (including phenoxy) is 1. The van der Waals surface area contributed by atoms with Crippen molar-refractivity contribution in [2.45, 2.75) is 45.2 Å². The van der Waals surface area contributed by atoms with E-state index in [-0.39, 0.29) is 28.9 Å². The van der Waals surface area contributed by atoms with Gasteiger partial charge < -0.3 is 20.7 Å². The molecule has 0 radical (unpaired) electrons. The number of likely N-dealkylation sites (N-methyl/N-ethyl adjacent to an activating group) is 1. The minimum atomic E-state index is -0.536. The number of likely N-dealkylation sites (tertiary alicyclic amines) is 1. The first-order valence-electron chi connectivity index (χ1n) is 13.9. The van der Waals surface area contributed by atoms with E-state index in [2.05, 4.69) is 21.4 Å². The second-order valence-corrected chi connectivity index (χ2v) is 10.8. The lowest BCUT2D eigenvalue weighted by Crippen LogP contribution is -2.43. The van der Waals surface area contributed by atoms with Crippen LogP contribution < -0.4 is 15.8 Å². The average molecular weight is 569 g/mol. The van der Waals surface area contributed by atoms with Crippen LogP contribution in [0.15, 0.2) is 66.5 Å². The number of anilines is 1. The summed E-state index contributed by atoms with van der Waals surface area (Å²) in [6.07, 6.45) is 4.43. The number of nitrogens with one attached hydrogen (secondary N) is 1. The number of nitriles is 1. The van der Waals surface area contributed by atoms with E-state index in [1.54, 1.807) is 39.9 Å². The number of amides is 1. The Bertz CT molecular complexity index is 1680. The van der Waals surface area contributed by atoms with Gasteiger partial charge in [0.1, 0.15) is 46.8 Å². The van der Waals surface area contributed by atoms with Gasteiger partial charge in [0.05, 0.1) is 11.4 Å². The first-order valence-corrected chi connectivity index (χ1v) is 13.9. The SMILES string of the molecule is CCNC(C)(C)C=C(C#N)C(=O)N1CCCC(n2nc(-c3ccc(Oc4ccccc4)cc3F)c3c(N)ncnc32)C1. The van der Waals surface area contributed by atoms with Gasteiger partial charge in [-0.3, -0.25) is 4.79 Å². The highest BCUT2D eigenvalue weighted by molar-refractivity contribution is 5.99. The molecule has 0 bridgehead atoms. The summed E-state index contributed by atoms with van der Waals surface area (Å²) in [5.41, 5.74) is 6.82. The van der Waals surface area contributed by atoms with Crippen LogP contribution in [0.1, 0.15) is 39.7 Å². The van der Waals surface area contributed by atoms with E-state index in [0.717, 1.165) is 0 Å². The van der Waals surface area contributed by atoms with Gasteiger partial charge in [0.25, 0.3) is 5.91 Å². The van der Waals surface area contributed by atoms with Crippen LogP contribution in [0.25, 0.3) is 22.3 Å². The zero-order valence-electron chi connectivity index (χ0n) is 23.8. The second kappa shape index (κ2) is 12.0. The molecule has 4 aromatic rings. The van der Waals surface area contributed by atoms with Crippen LogP contribution in [-0.4, -0.2) is 55.7 Å². The summed E-state index contributed by atoms with van der Waals surface area (Å²) < 4.78 is 23.0. The van der Waals surface area contributed by atoms with Gasteiger partial charge in [-0.1, -0.05) is 25.1 Å². The Morgan fingerprint density at radius 1 is 1.24 bits per heavy atom. The van der Waals surface area contributed by atoms with Gasteiger partial charge in [0.15, 0.2) is 5.65 Å². The number of benzene rings is 2. The van der Waals surface area contributed by atoms with Crippen LogP contribution in [0.2, 0.25) is 0 Å². The van der Waals surface area contributed by atoms with Crippen LogP contribution in [0, 0.1) is 17.1 Å². The molecule has 1 aliphatic rings. The maximum atomic E-state index is 15.5. The fourth-order valence-corrected chi connectivity index (χ4v) is 5.33. The summed E-state index contributed by atoms with van der Waals surface area (Å²) in [4.78, 5) is 23.7. The van der Waals surface area contributed by atoms with Gasteiger partial charge in [-0.2, -0.15) is 10.4 Å². The maximum absolute atomic E-state index is 15.5. The van der Waals surface area contributed by atoms with E-state index in [9.17, 15) is 10.1 Å². The third-order valence-corrected chi connectivity index (χ3v) is 7.21. The Labute approximate surface area is 243 Å². The summed E-state index contributed by atoms with van der Waals surface area (Å²) >= 11 is 0. The molecule has 0 aliphatic carbocycles. The van der Waals surface area contributed by atoms with Gasteiger partial charge in [-0.15, -0.1) is 0 Å². The fourth-order valence-electron chi connectivity index (χ4n) is 5.33. The normalized spacial score (nSPS) is 15.9. The summed E-state index contributed by atoms with van der Waals surface area (Å²) in [7, 11) is 0. The van der Waals surface area contributed by atoms with Gasteiger partial charge >= 0.3 is 0 Å². The van der Waals surface area contributed by atoms with Gasteiger partial charge in [-0.25, -0.2) is 19.0 Å². The molecule has 0 saturated carbocycles. The molecular weight excluding hydrogens is 535 g/mol. The maximum Gasteiger partial charge on any atom is 0.264 e. The molecule has 1 amide bonds. The molecule has 3 heterocycles. The van der Waals surface area contributed by atoms with E-state index in [0.29, 0.717) is 60.7 Å². The van der Waals surface area contributed by atoms with E-state index in [1.165, 1.54) is 12.4 Å². The van der Waals surface area contributed by atoms with Crippen molar-refractivity contribution in [1.82, 2.24) is 30.0 Å². The van der Waals surface area contributed by atoms with E-state index < -0.39 is 11.4 Å². The number of piperidine rings is 1. The first kappa shape index (κ1) is 28.7. The van der Waals surface area contributed by atoms with Crippen LogP contribution in [0.5, 0.6) is 11.5 Å². The minimum absolute atomic E-state index is 0.0825. The number of halogens is 1. The molecule has 1 saturated heterocycles. The highest BCUT2D eigenvalue weighted by Crippen LogP contribution is 2.36. The highest BCUT2D eigenvalue weighted by atomic mass is 19.1. The molecule has 1 atom stereocenters. The van der Waals surface area contributed by atoms with E-state index in [1.807, 2.05) is 39.0 Å². The van der Waals surface area contributed by atoms with E-state index in [4.69, 9.17) is 15.6 Å². The summed E-state index contributed by atoms with van der Waals surface area (Å²) in [6.45, 7) is 7.33. The minimum Gasteiger partial charge on any atom is -0.457 e. The van der Waals surface area contributed by atoms with Crippen molar-refractivity contribution in [3.63, 3.8) is 0 Å². The quantitative estimate of drug-likeness (QED) is 0.224. The van der Waals surface area contributed by atoms with Crippen LogP contribution in [-0.2, 0) is 4.79 Å². The van der Waals surface area contributed by atoms with Crippen molar-refractivity contribution in [2.24, 2.45) is 0 Å². The number of fused-ring (bicyclic) bond motifs is 1. The molecule has 10 nitrogen and oxygen atoms in total. The lowest BCUT2D eigenvalue weighted by molar-refractivity contribution is -0.128. The zero-order valence-corrected chi connectivity index (χ0v) is 23.8. The van der Waals surface area contributed by atoms with Gasteiger partial charge in [0, 0.05) is 30.3 Å². The Morgan fingerprint density at radius 3 is 2.74 bits per heavy atom. The topological polar surface area (TPSA) is 135 Å². The number of nitrogen functional groups attached to an aromatic ring is 1. The molecule has 1 aliphatic heterocycles. The molecule has 11 heteroatoms. The molecule has 2 aromatic carbocycles. The van der Waals surface area contributed by atoms with Crippen molar-refractivity contribution < 1.29 is 13.9 Å². The van der Waals surface area contributed by atoms with Crippen LogP contribution >= 0.6 is 0 Å². The van der Waals surface area contributed by atoms with Crippen LogP contribution in [0.4, 0.5) is 10.2 Å². The largest absolute Gasteiger partial charge is 0.457 e. The van der Waals surface area contributed by atoms with Gasteiger partial charge in [0.2, 0.25) is 0 Å². The Kier molecular flexibility index (Phi) is 8.17. The second-order valence-electron chi connectivity index (χ2n) is 10.8. The lowest BCUT2D eigenvalue weighted by atomic mass is 9.99. The van der Waals surface area contributed by atoms with E-state index >= 15 is 4.39 Å². The molecule has 1 unspecified atom stereocenters. The number of carbonyl (C=O) groups excluding carboxylic acids is 1. The first-order chi connectivity index (χ1) is 20.2. The molecule has 3 N–H and O–H groups in total. The number of para-hydroxylation sites is 1. The molecule has 0 spiro atoms. The third kappa shape index (κ3) is 5.94. The molecular formula is C31H33FN8O2. The standard InChI is InChI=1S/C31H33FN8O2/c1-4-37-31(2,3)16-20(17-33)30(41)39-14-8-9-21(18-39)40-29-26(28(34)35-19-36-29)27(38-40)24-13-12-23(15-25(24)32)42-22-10-6-5-7-11-22/h5-7,10-13,15-16,19,21,37H,4,8-9,14,18H2,1-3H3,(H2,34,35,36). The number of hydrogen-bond acceptors (Lipinski definition) is 8. The highest BCUT2D eigenvalue weighted by Gasteiger charge is 2.31. The Balaban J connectivity index is 1.47. The van der Waals surface area contributed by atoms with Crippen molar-refractivity contribution in [3.8, 4) is 28.8 Å². The smallest absolute Gasteiger partial charge is 0.264 e. The number of nitrogens with two attached hydrogens (primary N) is 1. The summed E-state index contributed by atoms with van der Waals surface area (Å²) in [5, 5.41) is 18.3. The van der Waals surface area contributed by atoms with Crippen LogP contribution in [0.3, 0.4) is 0 Å². The van der Waals surface area contributed by atoms with Crippen molar-refractivity contribution in [1.29, 1.82) is 5.26 Å². The number of aromatic nitrogens is 4. The van der Waals surface area contributed by atoms with Crippen molar-refractivity contribution in [2.75, 3.05) is 25.4 Å². The molecule has 2 aromatic heterocycles. The molecule has 216 valence electrons. The number of hydrogen-bond donors (Lipinski definition) is 2. The average Bonchev–Trinajstić information content (AvgIpc) is 3.37. The van der Waals surface area contributed by atoms with Crippen molar-refractivity contribution in [3.05, 3.63) is 72.3 Å². The molecule has 42 heavy (non-hydrogen) atoms. The number of carbonyl (C=O) groups is 1.